The fourth-order valence-corrected chi connectivity index (χ4v) is 2.78. The van der Waals surface area contributed by atoms with Gasteiger partial charge in [-0.1, -0.05) is 18.2 Å². The first-order chi connectivity index (χ1) is 12.5. The molecule has 0 saturated heterocycles. The summed E-state index contributed by atoms with van der Waals surface area (Å²) in [5, 5.41) is 11.3. The Kier molecular flexibility index (Phi) is 5.31. The van der Waals surface area contributed by atoms with Crippen molar-refractivity contribution in [1.29, 1.82) is 0 Å². The van der Waals surface area contributed by atoms with Gasteiger partial charge in [0.2, 0.25) is 5.95 Å². The molecule has 0 fully saturated rings. The summed E-state index contributed by atoms with van der Waals surface area (Å²) >= 11 is 0. The fraction of sp³-hybridized carbons (Fsp3) is 0.250. The first-order valence-corrected chi connectivity index (χ1v) is 8.56. The Morgan fingerprint density at radius 1 is 1.04 bits per heavy atom. The summed E-state index contributed by atoms with van der Waals surface area (Å²) in [6, 6.07) is 13.7. The van der Waals surface area contributed by atoms with Crippen LogP contribution in [-0.2, 0) is 6.42 Å². The van der Waals surface area contributed by atoms with Crippen LogP contribution in [0.1, 0.15) is 29.3 Å². The first kappa shape index (κ1) is 17.7. The minimum Gasteiger partial charge on any atom is -0.494 e. The van der Waals surface area contributed by atoms with Crippen molar-refractivity contribution < 1.29 is 4.74 Å². The van der Waals surface area contributed by atoms with Crippen LogP contribution in [0.25, 0.3) is 0 Å². The molecule has 0 bridgehead atoms. The number of H-pyrrole nitrogens is 1. The van der Waals surface area contributed by atoms with Crippen LogP contribution in [0.2, 0.25) is 0 Å². The summed E-state index contributed by atoms with van der Waals surface area (Å²) in [7, 11) is 0. The number of rotatable bonds is 6. The van der Waals surface area contributed by atoms with Crippen molar-refractivity contribution in [1.82, 2.24) is 15.2 Å². The Labute approximate surface area is 152 Å². The number of aryl methyl sites for hydroxylation is 2. The third kappa shape index (κ3) is 4.47. The normalized spacial score (nSPS) is 10.6. The van der Waals surface area contributed by atoms with E-state index in [0.29, 0.717) is 24.7 Å². The molecule has 3 aromatic rings. The highest BCUT2D eigenvalue weighted by Gasteiger charge is 2.07. The highest BCUT2D eigenvalue weighted by atomic mass is 16.5. The minimum absolute atomic E-state index is 0.249. The van der Waals surface area contributed by atoms with E-state index in [9.17, 15) is 4.79 Å². The molecule has 0 aliphatic rings. The second kappa shape index (κ2) is 7.82. The van der Waals surface area contributed by atoms with Gasteiger partial charge in [0.1, 0.15) is 11.4 Å². The minimum atomic E-state index is -0.249. The lowest BCUT2D eigenvalue weighted by atomic mass is 10.1. The number of benzene rings is 2. The van der Waals surface area contributed by atoms with Crippen LogP contribution in [0.15, 0.2) is 47.3 Å². The number of anilines is 2. The molecule has 0 atom stereocenters. The van der Waals surface area contributed by atoms with Crippen molar-refractivity contribution in [3.8, 4) is 5.75 Å². The van der Waals surface area contributed by atoms with E-state index in [-0.39, 0.29) is 5.56 Å². The summed E-state index contributed by atoms with van der Waals surface area (Å²) in [6.07, 6.45) is 0.415. The van der Waals surface area contributed by atoms with Crippen LogP contribution in [0.5, 0.6) is 5.75 Å². The van der Waals surface area contributed by atoms with Crippen LogP contribution < -0.4 is 15.6 Å². The van der Waals surface area contributed by atoms with Crippen LogP contribution in [-0.4, -0.2) is 21.8 Å². The van der Waals surface area contributed by atoms with E-state index in [2.05, 4.69) is 26.6 Å². The average Bonchev–Trinajstić information content (AvgIpc) is 2.58. The molecule has 3 rings (SSSR count). The highest BCUT2D eigenvalue weighted by Crippen LogP contribution is 2.17. The van der Waals surface area contributed by atoms with Gasteiger partial charge in [0.25, 0.3) is 5.56 Å². The molecule has 1 aromatic heterocycles. The standard InChI is InChI=1S/C20H22N4O2/c1-4-26-17-7-5-15(6-8-17)12-18-19(25)22-20(24-23-18)21-16-10-13(2)9-14(3)11-16/h5-11H,4,12H2,1-3H3,(H2,21,22,24,25). The Hall–Kier alpha value is -3.15. The summed E-state index contributed by atoms with van der Waals surface area (Å²) in [5.41, 5.74) is 4.24. The van der Waals surface area contributed by atoms with Gasteiger partial charge in [-0.15, -0.1) is 10.2 Å². The zero-order chi connectivity index (χ0) is 18.5. The first-order valence-electron chi connectivity index (χ1n) is 8.56. The van der Waals surface area contributed by atoms with Crippen LogP contribution in [0, 0.1) is 13.8 Å². The van der Waals surface area contributed by atoms with Gasteiger partial charge in [0.05, 0.1) is 6.61 Å². The van der Waals surface area contributed by atoms with Crippen molar-refractivity contribution in [2.75, 3.05) is 11.9 Å². The molecule has 0 saturated carbocycles. The molecule has 134 valence electrons. The Bertz CT molecular complexity index is 929. The average molecular weight is 350 g/mol. The van der Waals surface area contributed by atoms with Crippen molar-refractivity contribution in [3.63, 3.8) is 0 Å². The number of aromatic nitrogens is 3. The zero-order valence-electron chi connectivity index (χ0n) is 15.2. The topological polar surface area (TPSA) is 79.9 Å². The largest absolute Gasteiger partial charge is 0.494 e. The molecule has 0 aliphatic carbocycles. The zero-order valence-corrected chi connectivity index (χ0v) is 15.2. The molecular formula is C20H22N4O2. The summed E-state index contributed by atoms with van der Waals surface area (Å²) < 4.78 is 5.42. The molecule has 0 spiro atoms. The third-order valence-corrected chi connectivity index (χ3v) is 3.86. The van der Waals surface area contributed by atoms with Gasteiger partial charge in [-0.25, -0.2) is 0 Å². The molecule has 2 N–H and O–H groups in total. The predicted octanol–water partition coefficient (Wildman–Crippen LogP) is 3.51. The van der Waals surface area contributed by atoms with Gasteiger partial charge in [-0.3, -0.25) is 9.78 Å². The third-order valence-electron chi connectivity index (χ3n) is 3.86. The van der Waals surface area contributed by atoms with Crippen LogP contribution >= 0.6 is 0 Å². The van der Waals surface area contributed by atoms with Gasteiger partial charge < -0.3 is 10.1 Å². The van der Waals surface area contributed by atoms with Gasteiger partial charge in [-0.2, -0.15) is 0 Å². The van der Waals surface area contributed by atoms with Gasteiger partial charge in [-0.05, 0) is 61.7 Å². The Morgan fingerprint density at radius 2 is 1.73 bits per heavy atom. The molecule has 2 aromatic carbocycles. The number of aromatic amines is 1. The summed E-state index contributed by atoms with van der Waals surface area (Å²) in [4.78, 5) is 15.1. The predicted molar refractivity (Wildman–Crippen MR) is 102 cm³/mol. The highest BCUT2D eigenvalue weighted by molar-refractivity contribution is 5.55. The Balaban J connectivity index is 1.73. The number of nitrogens with zero attached hydrogens (tertiary/aromatic N) is 2. The number of hydrogen-bond acceptors (Lipinski definition) is 5. The van der Waals surface area contributed by atoms with Gasteiger partial charge in [0.15, 0.2) is 0 Å². The molecule has 6 heteroatoms. The lowest BCUT2D eigenvalue weighted by Crippen LogP contribution is -2.18. The van der Waals surface area contributed by atoms with E-state index in [1.165, 1.54) is 0 Å². The quantitative estimate of drug-likeness (QED) is 0.711. The maximum absolute atomic E-state index is 12.3. The second-order valence-corrected chi connectivity index (χ2v) is 6.20. The molecule has 1 heterocycles. The maximum Gasteiger partial charge on any atom is 0.274 e. The van der Waals surface area contributed by atoms with Gasteiger partial charge >= 0.3 is 0 Å². The molecule has 0 amide bonds. The number of nitrogens with one attached hydrogen (secondary N) is 2. The smallest absolute Gasteiger partial charge is 0.274 e. The summed E-state index contributed by atoms with van der Waals surface area (Å²) in [5.74, 6) is 1.14. The second-order valence-electron chi connectivity index (χ2n) is 6.20. The van der Waals surface area contributed by atoms with E-state index in [4.69, 9.17) is 4.74 Å². The summed E-state index contributed by atoms with van der Waals surface area (Å²) in [6.45, 7) is 6.61. The molecular weight excluding hydrogens is 328 g/mol. The fourth-order valence-electron chi connectivity index (χ4n) is 2.78. The molecule has 0 aliphatic heterocycles. The number of ether oxygens (including phenoxy) is 1. The van der Waals surface area contributed by atoms with Crippen molar-refractivity contribution >= 4 is 11.6 Å². The van der Waals surface area contributed by atoms with Crippen LogP contribution in [0.4, 0.5) is 11.6 Å². The van der Waals surface area contributed by atoms with Gasteiger partial charge in [0, 0.05) is 12.1 Å². The monoisotopic (exact) mass is 350 g/mol. The maximum atomic E-state index is 12.3. The van der Waals surface area contributed by atoms with E-state index in [1.807, 2.05) is 57.2 Å². The molecule has 0 unspecified atom stereocenters. The molecule has 6 nitrogen and oxygen atoms in total. The lowest BCUT2D eigenvalue weighted by molar-refractivity contribution is 0.340. The van der Waals surface area contributed by atoms with Crippen molar-refractivity contribution in [2.24, 2.45) is 0 Å². The molecule has 26 heavy (non-hydrogen) atoms. The van der Waals surface area contributed by atoms with Crippen LogP contribution in [0.3, 0.4) is 0 Å². The van der Waals surface area contributed by atoms with E-state index < -0.39 is 0 Å². The number of hydrogen-bond donors (Lipinski definition) is 2. The van der Waals surface area contributed by atoms with E-state index in [0.717, 1.165) is 28.1 Å². The van der Waals surface area contributed by atoms with Crippen molar-refractivity contribution in [3.05, 3.63) is 75.2 Å². The SMILES string of the molecule is CCOc1ccc(Cc2nnc(Nc3cc(C)cc(C)c3)[nH]c2=O)cc1. The lowest BCUT2D eigenvalue weighted by Gasteiger charge is -2.08. The van der Waals surface area contributed by atoms with Crippen molar-refractivity contribution in [2.45, 2.75) is 27.2 Å². The molecule has 0 radical (unpaired) electrons. The Morgan fingerprint density at radius 3 is 2.35 bits per heavy atom. The van der Waals surface area contributed by atoms with E-state index in [1.54, 1.807) is 0 Å². The van der Waals surface area contributed by atoms with E-state index >= 15 is 0 Å².